The molecule has 0 aliphatic heterocycles. The fourth-order valence-electron chi connectivity index (χ4n) is 1.92. The van der Waals surface area contributed by atoms with Crippen LogP contribution in [0.5, 0.6) is 5.75 Å². The van der Waals surface area contributed by atoms with Crippen molar-refractivity contribution in [3.8, 4) is 28.7 Å². The predicted octanol–water partition coefficient (Wildman–Crippen LogP) is 3.42. The molecule has 1 heterocycles. The number of aryl methyl sites for hydroxylation is 1. The van der Waals surface area contributed by atoms with Crippen molar-refractivity contribution in [2.45, 2.75) is 6.92 Å². The van der Waals surface area contributed by atoms with E-state index in [0.717, 1.165) is 11.1 Å². The molecule has 0 aliphatic carbocycles. The molecule has 2 aromatic carbocycles. The van der Waals surface area contributed by atoms with E-state index in [1.165, 1.54) is 0 Å². The normalized spacial score (nSPS) is 10.6. The van der Waals surface area contributed by atoms with Crippen LogP contribution in [0, 0.1) is 6.92 Å². The van der Waals surface area contributed by atoms with Gasteiger partial charge >= 0.3 is 0 Å². The van der Waals surface area contributed by atoms with Crippen LogP contribution in [0.1, 0.15) is 5.56 Å². The van der Waals surface area contributed by atoms with Crippen LogP contribution >= 0.6 is 0 Å². The highest BCUT2D eigenvalue weighted by atomic mass is 16.4. The fraction of sp³-hybridized carbons (Fsp3) is 0.0667. The third-order valence-corrected chi connectivity index (χ3v) is 2.75. The first-order chi connectivity index (χ1) is 9.22. The summed E-state index contributed by atoms with van der Waals surface area (Å²) in [4.78, 5) is 0. The number of hydrogen-bond acceptors (Lipinski definition) is 4. The van der Waals surface area contributed by atoms with E-state index < -0.39 is 0 Å². The first-order valence-electron chi connectivity index (χ1n) is 5.92. The molecular formula is C15H12N2O2. The Kier molecular flexibility index (Phi) is 2.76. The van der Waals surface area contributed by atoms with E-state index in [2.05, 4.69) is 10.2 Å². The van der Waals surface area contributed by atoms with Crippen LogP contribution in [0.4, 0.5) is 0 Å². The van der Waals surface area contributed by atoms with Crippen LogP contribution in [0.15, 0.2) is 52.9 Å². The van der Waals surface area contributed by atoms with Gasteiger partial charge in [-0.2, -0.15) is 0 Å². The van der Waals surface area contributed by atoms with Crippen molar-refractivity contribution in [1.82, 2.24) is 10.2 Å². The van der Waals surface area contributed by atoms with Crippen molar-refractivity contribution in [3.63, 3.8) is 0 Å². The van der Waals surface area contributed by atoms with Gasteiger partial charge in [-0.3, -0.25) is 0 Å². The summed E-state index contributed by atoms with van der Waals surface area (Å²) in [6.07, 6.45) is 0. The molecular weight excluding hydrogens is 240 g/mol. The molecule has 3 aromatic rings. The summed E-state index contributed by atoms with van der Waals surface area (Å²) in [5.41, 5.74) is 2.53. The summed E-state index contributed by atoms with van der Waals surface area (Å²) < 4.78 is 5.63. The molecule has 4 heteroatoms. The lowest BCUT2D eigenvalue weighted by molar-refractivity contribution is 0.474. The van der Waals surface area contributed by atoms with Gasteiger partial charge in [0.05, 0.1) is 0 Å². The average molecular weight is 252 g/mol. The van der Waals surface area contributed by atoms with Crippen LogP contribution in [0.3, 0.4) is 0 Å². The quantitative estimate of drug-likeness (QED) is 0.759. The third-order valence-electron chi connectivity index (χ3n) is 2.75. The van der Waals surface area contributed by atoms with Gasteiger partial charge in [0, 0.05) is 11.1 Å². The maximum atomic E-state index is 9.59. The lowest BCUT2D eigenvalue weighted by Gasteiger charge is -1.99. The molecule has 3 rings (SSSR count). The van der Waals surface area contributed by atoms with Crippen LogP contribution in [-0.2, 0) is 0 Å². The second-order valence-corrected chi connectivity index (χ2v) is 4.34. The summed E-state index contributed by atoms with van der Waals surface area (Å²) in [5.74, 6) is 1.06. The van der Waals surface area contributed by atoms with Gasteiger partial charge in [0.15, 0.2) is 0 Å². The molecule has 0 bridgehead atoms. The highest BCUT2D eigenvalue weighted by Crippen LogP contribution is 2.27. The van der Waals surface area contributed by atoms with E-state index in [1.54, 1.807) is 12.1 Å². The Balaban J connectivity index is 2.02. The van der Waals surface area contributed by atoms with Gasteiger partial charge in [0.1, 0.15) is 5.75 Å². The monoisotopic (exact) mass is 252 g/mol. The number of rotatable bonds is 2. The molecule has 0 atom stereocenters. The number of benzene rings is 2. The van der Waals surface area contributed by atoms with Crippen molar-refractivity contribution in [1.29, 1.82) is 0 Å². The molecule has 1 aromatic heterocycles. The van der Waals surface area contributed by atoms with Gasteiger partial charge in [-0.15, -0.1) is 10.2 Å². The number of aromatic hydroxyl groups is 1. The Morgan fingerprint density at radius 3 is 2.26 bits per heavy atom. The maximum Gasteiger partial charge on any atom is 0.248 e. The Hall–Kier alpha value is -2.62. The molecule has 1 N–H and O–H groups in total. The van der Waals surface area contributed by atoms with E-state index in [1.807, 2.05) is 43.3 Å². The predicted molar refractivity (Wildman–Crippen MR) is 71.6 cm³/mol. The largest absolute Gasteiger partial charge is 0.508 e. The standard InChI is InChI=1S/C15H12N2O2/c1-10-7-12(9-13(18)8-10)15-17-16-14(19-15)11-5-3-2-4-6-11/h2-9,18H,1H3. The van der Waals surface area contributed by atoms with Crippen molar-refractivity contribution in [2.24, 2.45) is 0 Å². The van der Waals surface area contributed by atoms with Crippen molar-refractivity contribution >= 4 is 0 Å². The number of hydrogen-bond donors (Lipinski definition) is 1. The van der Waals surface area contributed by atoms with Crippen molar-refractivity contribution in [2.75, 3.05) is 0 Å². The molecule has 94 valence electrons. The van der Waals surface area contributed by atoms with Gasteiger partial charge in [-0.1, -0.05) is 18.2 Å². The summed E-state index contributed by atoms with van der Waals surface area (Å²) in [5, 5.41) is 17.6. The molecule has 4 nitrogen and oxygen atoms in total. The second-order valence-electron chi connectivity index (χ2n) is 4.34. The minimum absolute atomic E-state index is 0.189. The van der Waals surface area contributed by atoms with E-state index in [4.69, 9.17) is 4.42 Å². The molecule has 0 aliphatic rings. The Morgan fingerprint density at radius 1 is 0.895 bits per heavy atom. The fourth-order valence-corrected chi connectivity index (χ4v) is 1.92. The van der Waals surface area contributed by atoms with Gasteiger partial charge in [0.25, 0.3) is 0 Å². The maximum absolute atomic E-state index is 9.59. The zero-order chi connectivity index (χ0) is 13.2. The van der Waals surface area contributed by atoms with Crippen molar-refractivity contribution < 1.29 is 9.52 Å². The van der Waals surface area contributed by atoms with Gasteiger partial charge < -0.3 is 9.52 Å². The molecule has 0 spiro atoms. The minimum atomic E-state index is 0.189. The second kappa shape index (κ2) is 4.57. The van der Waals surface area contributed by atoms with E-state index in [0.29, 0.717) is 17.3 Å². The minimum Gasteiger partial charge on any atom is -0.508 e. The lowest BCUT2D eigenvalue weighted by Crippen LogP contribution is -1.80. The number of phenolic OH excluding ortho intramolecular Hbond substituents is 1. The number of phenols is 1. The van der Waals surface area contributed by atoms with Crippen LogP contribution in [0.2, 0.25) is 0 Å². The Bertz CT molecular complexity index is 685. The molecule has 0 radical (unpaired) electrons. The lowest BCUT2D eigenvalue weighted by atomic mass is 10.1. The summed E-state index contributed by atoms with van der Waals surface area (Å²) in [7, 11) is 0. The van der Waals surface area contributed by atoms with Gasteiger partial charge in [0.2, 0.25) is 11.8 Å². The summed E-state index contributed by atoms with van der Waals surface area (Å²) in [6.45, 7) is 1.90. The Labute approximate surface area is 110 Å². The molecule has 0 saturated heterocycles. The molecule has 0 amide bonds. The zero-order valence-electron chi connectivity index (χ0n) is 10.4. The van der Waals surface area contributed by atoms with E-state index in [-0.39, 0.29) is 5.75 Å². The number of aromatic nitrogens is 2. The smallest absolute Gasteiger partial charge is 0.248 e. The Morgan fingerprint density at radius 2 is 1.58 bits per heavy atom. The third kappa shape index (κ3) is 2.33. The van der Waals surface area contributed by atoms with Gasteiger partial charge in [-0.05, 0) is 42.8 Å². The van der Waals surface area contributed by atoms with E-state index >= 15 is 0 Å². The first-order valence-corrected chi connectivity index (χ1v) is 5.92. The van der Waals surface area contributed by atoms with E-state index in [9.17, 15) is 5.11 Å². The molecule has 0 saturated carbocycles. The highest BCUT2D eigenvalue weighted by Gasteiger charge is 2.11. The summed E-state index contributed by atoms with van der Waals surface area (Å²) >= 11 is 0. The van der Waals surface area contributed by atoms with Crippen LogP contribution in [0.25, 0.3) is 22.9 Å². The van der Waals surface area contributed by atoms with Crippen LogP contribution in [-0.4, -0.2) is 15.3 Å². The molecule has 0 unspecified atom stereocenters. The SMILES string of the molecule is Cc1cc(O)cc(-c2nnc(-c3ccccc3)o2)c1. The highest BCUT2D eigenvalue weighted by molar-refractivity contribution is 5.60. The van der Waals surface area contributed by atoms with Crippen LogP contribution < -0.4 is 0 Å². The molecule has 0 fully saturated rings. The first kappa shape index (κ1) is 11.5. The average Bonchev–Trinajstić information content (AvgIpc) is 2.88. The zero-order valence-corrected chi connectivity index (χ0v) is 10.4. The summed E-state index contributed by atoms with van der Waals surface area (Å²) in [6, 6.07) is 14.8. The van der Waals surface area contributed by atoms with Crippen molar-refractivity contribution in [3.05, 3.63) is 54.1 Å². The number of nitrogens with zero attached hydrogens (tertiary/aromatic N) is 2. The topological polar surface area (TPSA) is 59.2 Å². The molecule has 19 heavy (non-hydrogen) atoms. The van der Waals surface area contributed by atoms with Gasteiger partial charge in [-0.25, -0.2) is 0 Å².